The molecule has 326 valence electrons. The molecule has 0 saturated heterocycles. The zero-order valence-electron chi connectivity index (χ0n) is 40.9. The fourth-order valence-corrected chi connectivity index (χ4v) is 11.0. The van der Waals surface area contributed by atoms with Crippen molar-refractivity contribution in [3.05, 3.63) is 141 Å². The Labute approximate surface area is 382 Å². The molecule has 5 aromatic carbocycles. The molecule has 3 aliphatic rings. The van der Waals surface area contributed by atoms with Crippen LogP contribution >= 0.6 is 0 Å². The largest absolute Gasteiger partial charge is 0.456 e. The second-order valence-corrected chi connectivity index (χ2v) is 22.8. The van der Waals surface area contributed by atoms with E-state index in [0.29, 0.717) is 5.92 Å². The third-order valence-electron chi connectivity index (χ3n) is 14.6. The minimum atomic E-state index is -0.0486. The molecular formula is C59H65BN2O2. The van der Waals surface area contributed by atoms with Crippen molar-refractivity contribution in [2.75, 3.05) is 9.80 Å². The van der Waals surface area contributed by atoms with Gasteiger partial charge in [-0.3, -0.25) is 4.90 Å². The van der Waals surface area contributed by atoms with E-state index in [9.17, 15) is 0 Å². The number of anilines is 6. The number of rotatable bonds is 4. The van der Waals surface area contributed by atoms with Crippen molar-refractivity contribution < 1.29 is 8.83 Å². The molecule has 0 saturated carbocycles. The molecule has 0 radical (unpaired) electrons. The van der Waals surface area contributed by atoms with Gasteiger partial charge in [-0.15, -0.1) is 0 Å². The van der Waals surface area contributed by atoms with Gasteiger partial charge in [0.25, 0.3) is 6.71 Å². The Balaban J connectivity index is 1.31. The average molecular weight is 845 g/mol. The molecule has 1 aliphatic carbocycles. The Morgan fingerprint density at radius 1 is 0.625 bits per heavy atom. The number of hydrogen-bond donors (Lipinski definition) is 0. The van der Waals surface area contributed by atoms with Crippen LogP contribution in [-0.2, 0) is 17.3 Å². The maximum absolute atomic E-state index is 7.37. The fourth-order valence-electron chi connectivity index (χ4n) is 11.0. The van der Waals surface area contributed by atoms with Gasteiger partial charge in [-0.2, -0.15) is 0 Å². The van der Waals surface area contributed by atoms with E-state index in [0.717, 1.165) is 40.4 Å². The van der Waals surface area contributed by atoms with Crippen LogP contribution in [0.3, 0.4) is 0 Å². The summed E-state index contributed by atoms with van der Waals surface area (Å²) in [6, 6.07) is 32.3. The number of nitrogens with zero attached hydrogens (tertiary/aromatic N) is 2. The Kier molecular flexibility index (Phi) is 9.52. The molecule has 64 heavy (non-hydrogen) atoms. The minimum absolute atomic E-state index is 0.0180. The van der Waals surface area contributed by atoms with Crippen LogP contribution < -0.4 is 26.2 Å². The highest BCUT2D eigenvalue weighted by atomic mass is 16.4. The summed E-state index contributed by atoms with van der Waals surface area (Å²) in [6.45, 7) is 34.9. The Morgan fingerprint density at radius 3 is 1.84 bits per heavy atom. The smallest absolute Gasteiger partial charge is 0.256 e. The van der Waals surface area contributed by atoms with Crippen LogP contribution in [0.15, 0.2) is 99.8 Å². The first-order valence-electron chi connectivity index (χ1n) is 23.6. The van der Waals surface area contributed by atoms with Crippen molar-refractivity contribution in [1.29, 1.82) is 0 Å². The quantitative estimate of drug-likeness (QED) is 0.165. The van der Waals surface area contributed by atoms with Crippen molar-refractivity contribution in [3.8, 4) is 11.3 Å². The predicted octanol–water partition coefficient (Wildman–Crippen LogP) is 15.0. The number of benzene rings is 5. The van der Waals surface area contributed by atoms with Crippen LogP contribution in [0.5, 0.6) is 0 Å². The molecular weight excluding hydrogens is 779 g/mol. The van der Waals surface area contributed by atoms with E-state index >= 15 is 0 Å². The van der Waals surface area contributed by atoms with Crippen LogP contribution in [0.2, 0.25) is 0 Å². The van der Waals surface area contributed by atoms with E-state index in [1.165, 1.54) is 89.3 Å². The molecule has 0 fully saturated rings. The molecule has 7 aromatic rings. The summed E-state index contributed by atoms with van der Waals surface area (Å²) in [5, 5.41) is 1.12. The molecule has 1 unspecified atom stereocenters. The zero-order valence-corrected chi connectivity index (χ0v) is 40.9. The molecule has 2 aromatic heterocycles. The Hall–Kier alpha value is -5.68. The van der Waals surface area contributed by atoms with Crippen LogP contribution in [0, 0.1) is 39.0 Å². The summed E-state index contributed by atoms with van der Waals surface area (Å²) in [7, 11) is 0. The SMILES string of the molecule is Cc1cc(-c2cc3ccccc3o2)cc(C)c1N1c2ccc(C(C)(C)C)cc2B2c3c1cc(C(C)C)cc3N(c1c(C)cc(C(C)(C)C)cc1C)c1oc3c(c12)CC(C(C)(C)C)C=C3. The number of para-hydroxylation sites is 1. The Morgan fingerprint density at radius 2 is 1.23 bits per heavy atom. The van der Waals surface area contributed by atoms with Gasteiger partial charge in [0.05, 0.1) is 11.4 Å². The first-order valence-corrected chi connectivity index (χ1v) is 23.6. The van der Waals surface area contributed by atoms with Gasteiger partial charge >= 0.3 is 0 Å². The predicted molar refractivity (Wildman–Crippen MR) is 274 cm³/mol. The number of hydrogen-bond acceptors (Lipinski definition) is 4. The molecule has 1 atom stereocenters. The summed E-state index contributed by atoms with van der Waals surface area (Å²) in [5.41, 5.74) is 22.5. The number of fused-ring (bicyclic) bond motifs is 7. The van der Waals surface area contributed by atoms with Gasteiger partial charge in [-0.05, 0) is 172 Å². The van der Waals surface area contributed by atoms with Crippen molar-refractivity contribution in [2.24, 2.45) is 11.3 Å². The number of allylic oxidation sites excluding steroid dienone is 1. The maximum Gasteiger partial charge on any atom is 0.256 e. The average Bonchev–Trinajstić information content (AvgIpc) is 3.82. The van der Waals surface area contributed by atoms with Crippen LogP contribution in [0.1, 0.15) is 132 Å². The lowest BCUT2D eigenvalue weighted by Gasteiger charge is -2.45. The van der Waals surface area contributed by atoms with Crippen LogP contribution in [0.25, 0.3) is 28.4 Å². The summed E-state index contributed by atoms with van der Waals surface area (Å²) in [5.74, 6) is 3.53. The highest BCUT2D eigenvalue weighted by molar-refractivity contribution is 7.00. The van der Waals surface area contributed by atoms with Gasteiger partial charge in [0.2, 0.25) is 5.88 Å². The van der Waals surface area contributed by atoms with Gasteiger partial charge in [0, 0.05) is 28.0 Å². The molecule has 5 heteroatoms. The zero-order chi connectivity index (χ0) is 45.5. The molecule has 10 rings (SSSR count). The molecule has 4 nitrogen and oxygen atoms in total. The highest BCUT2D eigenvalue weighted by Gasteiger charge is 2.49. The summed E-state index contributed by atoms with van der Waals surface area (Å²) in [4.78, 5) is 5.15. The van der Waals surface area contributed by atoms with E-state index in [4.69, 9.17) is 8.83 Å². The lowest BCUT2D eigenvalue weighted by atomic mass is 9.33. The first-order chi connectivity index (χ1) is 30.1. The van der Waals surface area contributed by atoms with E-state index in [-0.39, 0.29) is 28.9 Å². The van der Waals surface area contributed by atoms with Crippen molar-refractivity contribution in [1.82, 2.24) is 0 Å². The van der Waals surface area contributed by atoms with E-state index in [2.05, 4.69) is 205 Å². The fraction of sp³-hybridized carbons (Fsp3) is 0.356. The summed E-state index contributed by atoms with van der Waals surface area (Å²) >= 11 is 0. The molecule has 4 heterocycles. The minimum Gasteiger partial charge on any atom is -0.456 e. The second-order valence-electron chi connectivity index (χ2n) is 22.8. The van der Waals surface area contributed by atoms with Crippen LogP contribution in [0.4, 0.5) is 34.3 Å². The third-order valence-corrected chi connectivity index (χ3v) is 14.6. The first kappa shape index (κ1) is 42.3. The number of aryl methyl sites for hydroxylation is 4. The van der Waals surface area contributed by atoms with E-state index in [1.54, 1.807) is 0 Å². The van der Waals surface area contributed by atoms with E-state index in [1.807, 2.05) is 6.07 Å². The van der Waals surface area contributed by atoms with Gasteiger partial charge < -0.3 is 13.7 Å². The summed E-state index contributed by atoms with van der Waals surface area (Å²) in [6.07, 6.45) is 5.63. The standard InChI is InChI=1S/C59H65BN2O2/c1-33(2)39-28-47-53-48(29-39)62(55-36(5)26-43(27-37(55)6)59(13,14)15)56-52(44-31-41(57(7,8)9)21-23-50(44)64-56)60(53)45-32-42(58(10,11)12)20-22-46(45)61(47)54-34(3)24-40(25-35(54)4)51-30-38-18-16-17-19-49(38)63-51/h16-30,32-33,41H,31H2,1-15H3. The summed E-state index contributed by atoms with van der Waals surface area (Å²) < 4.78 is 13.8. The molecule has 0 spiro atoms. The highest BCUT2D eigenvalue weighted by Crippen LogP contribution is 2.51. The molecule has 0 bridgehead atoms. The molecule has 2 aliphatic heterocycles. The van der Waals surface area contributed by atoms with Crippen molar-refractivity contribution in [2.45, 2.75) is 127 Å². The normalized spacial score (nSPS) is 15.8. The monoisotopic (exact) mass is 845 g/mol. The number of furan rings is 2. The van der Waals surface area contributed by atoms with Gasteiger partial charge in [-0.25, -0.2) is 0 Å². The van der Waals surface area contributed by atoms with Gasteiger partial charge in [-0.1, -0.05) is 125 Å². The van der Waals surface area contributed by atoms with E-state index < -0.39 is 0 Å². The lowest BCUT2D eigenvalue weighted by Crippen LogP contribution is -2.62. The topological polar surface area (TPSA) is 32.8 Å². The van der Waals surface area contributed by atoms with Gasteiger partial charge in [0.1, 0.15) is 17.1 Å². The molecule has 0 N–H and O–H groups in total. The second kappa shape index (κ2) is 14.4. The van der Waals surface area contributed by atoms with Crippen molar-refractivity contribution >= 4 is 74.5 Å². The lowest BCUT2D eigenvalue weighted by molar-refractivity contribution is 0.289. The third kappa shape index (κ3) is 6.62. The van der Waals surface area contributed by atoms with Crippen LogP contribution in [-0.4, -0.2) is 6.71 Å². The Bertz CT molecular complexity index is 3000. The maximum atomic E-state index is 7.37. The van der Waals surface area contributed by atoms with Crippen molar-refractivity contribution in [3.63, 3.8) is 0 Å². The van der Waals surface area contributed by atoms with Gasteiger partial charge in [0.15, 0.2) is 0 Å². The molecule has 0 amide bonds.